The highest BCUT2D eigenvalue weighted by Crippen LogP contribution is 2.36. The molecule has 0 N–H and O–H groups in total. The van der Waals surface area contributed by atoms with Crippen LogP contribution in [0.1, 0.15) is 42.1 Å². The third kappa shape index (κ3) is 4.71. The third-order valence-electron chi connectivity index (χ3n) is 7.12. The number of carbonyl (C=O) groups is 1. The monoisotopic (exact) mass is 518 g/mol. The van der Waals surface area contributed by atoms with Crippen molar-refractivity contribution in [3.05, 3.63) is 59.7 Å². The molecule has 0 radical (unpaired) electrons. The van der Waals surface area contributed by atoms with Crippen LogP contribution in [0.25, 0.3) is 0 Å². The number of fused-ring (bicyclic) bond motifs is 1. The lowest BCUT2D eigenvalue weighted by molar-refractivity contribution is 0.0441. The fourth-order valence-electron chi connectivity index (χ4n) is 5.40. The first-order chi connectivity index (χ1) is 16.7. The number of para-hydroxylation sites is 1. The minimum atomic E-state index is -3.90. The number of sulfonamides is 1. The molecule has 2 fully saturated rings. The topological polar surface area (TPSA) is 101 Å². The molecule has 0 bridgehead atoms. The standard InChI is InChI=1S/C25H30N2O6S2/c1-18-14-19-6-2-3-10-24(19)27(18)35(31,32)23-9-4-7-20(15-23)25(28)26(16-22-8-5-12-33-22)21-11-13-34(29,30)17-21/h2-4,6-7,9-10,15,18,21-22H,5,8,11-14,16-17H2,1H3/t18-,21-,22+/m1/s1. The minimum Gasteiger partial charge on any atom is -0.376 e. The van der Waals surface area contributed by atoms with E-state index in [0.29, 0.717) is 31.7 Å². The molecule has 2 saturated heterocycles. The van der Waals surface area contributed by atoms with Gasteiger partial charge in [0.2, 0.25) is 0 Å². The van der Waals surface area contributed by atoms with Crippen molar-refractivity contribution in [2.24, 2.45) is 0 Å². The molecule has 2 aromatic carbocycles. The maximum atomic E-state index is 13.7. The molecular formula is C25H30N2O6S2. The van der Waals surface area contributed by atoms with E-state index in [0.717, 1.165) is 18.4 Å². The summed E-state index contributed by atoms with van der Waals surface area (Å²) in [7, 11) is -7.11. The van der Waals surface area contributed by atoms with Crippen LogP contribution in [-0.2, 0) is 31.0 Å². The normalized spacial score (nSPS) is 25.5. The number of hydrogen-bond acceptors (Lipinski definition) is 6. The maximum absolute atomic E-state index is 13.7. The summed E-state index contributed by atoms with van der Waals surface area (Å²) in [6.45, 7) is 2.79. The van der Waals surface area contributed by atoms with E-state index in [9.17, 15) is 21.6 Å². The molecule has 1 amide bonds. The fraction of sp³-hybridized carbons (Fsp3) is 0.480. The van der Waals surface area contributed by atoms with E-state index in [2.05, 4.69) is 0 Å². The van der Waals surface area contributed by atoms with Crippen molar-refractivity contribution in [2.45, 2.75) is 55.7 Å². The summed E-state index contributed by atoms with van der Waals surface area (Å²) in [6, 6.07) is 12.8. The molecule has 0 saturated carbocycles. The molecule has 10 heteroatoms. The molecule has 8 nitrogen and oxygen atoms in total. The number of benzene rings is 2. The molecule has 3 heterocycles. The van der Waals surface area contributed by atoms with Crippen molar-refractivity contribution in [3.8, 4) is 0 Å². The van der Waals surface area contributed by atoms with Crippen LogP contribution in [0.15, 0.2) is 53.4 Å². The number of sulfone groups is 1. The molecule has 0 unspecified atom stereocenters. The fourth-order valence-corrected chi connectivity index (χ4v) is 8.87. The molecule has 2 aromatic rings. The van der Waals surface area contributed by atoms with Gasteiger partial charge in [0.1, 0.15) is 0 Å². The highest BCUT2D eigenvalue weighted by molar-refractivity contribution is 7.93. The van der Waals surface area contributed by atoms with Crippen molar-refractivity contribution < 1.29 is 26.4 Å². The Hall–Kier alpha value is -2.43. The van der Waals surface area contributed by atoms with Gasteiger partial charge in [0.15, 0.2) is 9.84 Å². The van der Waals surface area contributed by atoms with Crippen LogP contribution in [0.3, 0.4) is 0 Å². The smallest absolute Gasteiger partial charge is 0.264 e. The molecule has 3 atom stereocenters. The second kappa shape index (κ2) is 9.22. The Bertz CT molecular complexity index is 1340. The minimum absolute atomic E-state index is 0.0445. The molecule has 188 valence electrons. The van der Waals surface area contributed by atoms with Crippen molar-refractivity contribution >= 4 is 31.5 Å². The zero-order valence-electron chi connectivity index (χ0n) is 19.7. The Labute approximate surface area is 206 Å². The van der Waals surface area contributed by atoms with Crippen LogP contribution >= 0.6 is 0 Å². The molecule has 0 aromatic heterocycles. The van der Waals surface area contributed by atoms with E-state index < -0.39 is 25.9 Å². The molecule has 5 rings (SSSR count). The van der Waals surface area contributed by atoms with Gasteiger partial charge in [-0.05, 0) is 62.4 Å². The number of anilines is 1. The van der Waals surface area contributed by atoms with Gasteiger partial charge in [-0.25, -0.2) is 16.8 Å². The van der Waals surface area contributed by atoms with E-state index in [4.69, 9.17) is 4.74 Å². The predicted molar refractivity (Wildman–Crippen MR) is 133 cm³/mol. The second-order valence-electron chi connectivity index (χ2n) is 9.66. The highest BCUT2D eigenvalue weighted by atomic mass is 32.2. The van der Waals surface area contributed by atoms with E-state index >= 15 is 0 Å². The molecule has 0 aliphatic carbocycles. The average molecular weight is 519 g/mol. The Kier molecular flexibility index (Phi) is 6.39. The van der Waals surface area contributed by atoms with Gasteiger partial charge in [0, 0.05) is 30.8 Å². The van der Waals surface area contributed by atoms with Crippen LogP contribution in [0.4, 0.5) is 5.69 Å². The van der Waals surface area contributed by atoms with Gasteiger partial charge in [-0.2, -0.15) is 0 Å². The number of carbonyl (C=O) groups excluding carboxylic acids is 1. The van der Waals surface area contributed by atoms with Gasteiger partial charge in [0.25, 0.3) is 15.9 Å². The van der Waals surface area contributed by atoms with Crippen LogP contribution < -0.4 is 4.31 Å². The summed E-state index contributed by atoms with van der Waals surface area (Å²) in [5.74, 6) is -0.395. The van der Waals surface area contributed by atoms with Gasteiger partial charge < -0.3 is 9.64 Å². The lowest BCUT2D eigenvalue weighted by atomic mass is 10.1. The molecule has 0 spiro atoms. The maximum Gasteiger partial charge on any atom is 0.264 e. The first kappa shape index (κ1) is 24.3. The zero-order valence-corrected chi connectivity index (χ0v) is 21.3. The van der Waals surface area contributed by atoms with Gasteiger partial charge in [-0.3, -0.25) is 9.10 Å². The summed E-state index contributed by atoms with van der Waals surface area (Å²) in [6.07, 6.45) is 2.57. The first-order valence-corrected chi connectivity index (χ1v) is 15.3. The second-order valence-corrected chi connectivity index (χ2v) is 13.7. The number of ether oxygens (including phenoxy) is 1. The molecular weight excluding hydrogens is 488 g/mol. The Morgan fingerprint density at radius 3 is 2.66 bits per heavy atom. The van der Waals surface area contributed by atoms with Crippen LogP contribution in [0, 0.1) is 0 Å². The molecule has 3 aliphatic heterocycles. The Balaban J connectivity index is 1.46. The van der Waals surface area contributed by atoms with Crippen LogP contribution in [0.5, 0.6) is 0 Å². The highest BCUT2D eigenvalue weighted by Gasteiger charge is 2.38. The Morgan fingerprint density at radius 1 is 1.14 bits per heavy atom. The summed E-state index contributed by atoms with van der Waals surface area (Å²) < 4.78 is 58.8. The SMILES string of the molecule is C[C@@H]1Cc2ccccc2N1S(=O)(=O)c1cccc(C(=O)N(C[C@@H]2CCCO2)[C@@H]2CCS(=O)(=O)C2)c1. The lowest BCUT2D eigenvalue weighted by Gasteiger charge is -2.31. The quantitative estimate of drug-likeness (QED) is 0.583. The third-order valence-corrected chi connectivity index (χ3v) is 10.8. The van der Waals surface area contributed by atoms with Gasteiger partial charge in [0.05, 0.1) is 28.2 Å². The van der Waals surface area contributed by atoms with Crippen molar-refractivity contribution in [2.75, 3.05) is 29.0 Å². The number of nitrogens with zero attached hydrogens (tertiary/aromatic N) is 2. The van der Waals surface area contributed by atoms with Crippen molar-refractivity contribution in [3.63, 3.8) is 0 Å². The largest absolute Gasteiger partial charge is 0.376 e. The summed E-state index contributed by atoms with van der Waals surface area (Å²) in [5.41, 5.74) is 1.86. The Morgan fingerprint density at radius 2 is 1.94 bits per heavy atom. The van der Waals surface area contributed by atoms with Crippen molar-refractivity contribution in [1.29, 1.82) is 0 Å². The average Bonchev–Trinajstić information content (AvgIpc) is 3.55. The van der Waals surface area contributed by atoms with Crippen LogP contribution in [0.2, 0.25) is 0 Å². The number of hydrogen-bond donors (Lipinski definition) is 0. The van der Waals surface area contributed by atoms with Gasteiger partial charge in [-0.15, -0.1) is 0 Å². The van der Waals surface area contributed by atoms with E-state index in [-0.39, 0.29) is 40.0 Å². The number of rotatable bonds is 6. The number of amides is 1. The zero-order chi connectivity index (χ0) is 24.8. The van der Waals surface area contributed by atoms with Gasteiger partial charge in [-0.1, -0.05) is 24.3 Å². The predicted octanol–water partition coefficient (Wildman–Crippen LogP) is 2.63. The van der Waals surface area contributed by atoms with E-state index in [1.807, 2.05) is 25.1 Å². The summed E-state index contributed by atoms with van der Waals surface area (Å²) in [4.78, 5) is 15.3. The summed E-state index contributed by atoms with van der Waals surface area (Å²) >= 11 is 0. The van der Waals surface area contributed by atoms with Gasteiger partial charge >= 0.3 is 0 Å². The van der Waals surface area contributed by atoms with E-state index in [1.54, 1.807) is 23.1 Å². The van der Waals surface area contributed by atoms with Crippen LogP contribution in [-0.4, -0.2) is 70.5 Å². The molecule has 35 heavy (non-hydrogen) atoms. The van der Waals surface area contributed by atoms with Crippen molar-refractivity contribution in [1.82, 2.24) is 4.90 Å². The molecule has 3 aliphatic rings. The first-order valence-electron chi connectivity index (χ1n) is 12.0. The lowest BCUT2D eigenvalue weighted by Crippen LogP contribution is -2.45. The summed E-state index contributed by atoms with van der Waals surface area (Å²) in [5, 5.41) is 0. The van der Waals surface area contributed by atoms with E-state index in [1.165, 1.54) is 16.4 Å².